The van der Waals surface area contributed by atoms with Crippen molar-refractivity contribution in [3.05, 3.63) is 28.1 Å². The molecule has 0 N–H and O–H groups in total. The fourth-order valence-corrected chi connectivity index (χ4v) is 3.80. The van der Waals surface area contributed by atoms with Crippen molar-refractivity contribution in [3.63, 3.8) is 0 Å². The molecular formula is C20H24N2O5S. The normalized spacial score (nSPS) is 13.2. The van der Waals surface area contributed by atoms with Gasteiger partial charge in [-0.3, -0.25) is 14.5 Å². The smallest absolute Gasteiger partial charge is 0.326 e. The first-order valence-corrected chi connectivity index (χ1v) is 10.1. The van der Waals surface area contributed by atoms with Crippen LogP contribution in [0.25, 0.3) is 11.3 Å². The number of hydrogen-bond donors (Lipinski definition) is 0. The Kier molecular flexibility index (Phi) is 6.64. The van der Waals surface area contributed by atoms with Crippen LogP contribution in [-0.4, -0.2) is 49.8 Å². The first-order chi connectivity index (χ1) is 13.5. The minimum Gasteiger partial charge on any atom is -0.482 e. The number of fused-ring (bicyclic) bond motifs is 1. The quantitative estimate of drug-likeness (QED) is 0.497. The Morgan fingerprint density at radius 1 is 1.29 bits per heavy atom. The lowest BCUT2D eigenvalue weighted by atomic mass is 10.1. The van der Waals surface area contributed by atoms with Crippen LogP contribution in [0.2, 0.25) is 0 Å². The monoisotopic (exact) mass is 404 g/mol. The Morgan fingerprint density at radius 3 is 2.82 bits per heavy atom. The fourth-order valence-electron chi connectivity index (χ4n) is 2.96. The standard InChI is InChI=1S/C20H24N2O5S/c1-4-7-25-8-9-26-19(24)11-22-16-10-15(20-13(2)28-14(3)21-20)5-6-17(16)27-12-18(22)23/h5-6,10H,4,7-9,11-12H2,1-3H3. The van der Waals surface area contributed by atoms with Gasteiger partial charge in [-0.1, -0.05) is 6.92 Å². The molecule has 0 unspecified atom stereocenters. The molecule has 2 aromatic rings. The SMILES string of the molecule is CCCOCCOC(=O)CN1C(=O)COc2ccc(-c3nc(C)sc3C)cc21. The summed E-state index contributed by atoms with van der Waals surface area (Å²) < 4.78 is 16.0. The molecule has 3 rings (SSSR count). The predicted molar refractivity (Wildman–Crippen MR) is 107 cm³/mol. The fraction of sp³-hybridized carbons (Fsp3) is 0.450. The van der Waals surface area contributed by atoms with E-state index < -0.39 is 5.97 Å². The molecule has 0 atom stereocenters. The van der Waals surface area contributed by atoms with E-state index in [0.29, 0.717) is 24.7 Å². The summed E-state index contributed by atoms with van der Waals surface area (Å²) in [6, 6.07) is 5.56. The number of ether oxygens (including phenoxy) is 3. The van der Waals surface area contributed by atoms with Crippen LogP contribution in [-0.2, 0) is 19.1 Å². The lowest BCUT2D eigenvalue weighted by Gasteiger charge is -2.29. The van der Waals surface area contributed by atoms with Gasteiger partial charge in [0.1, 0.15) is 18.9 Å². The maximum Gasteiger partial charge on any atom is 0.326 e. The van der Waals surface area contributed by atoms with Gasteiger partial charge in [-0.05, 0) is 38.5 Å². The van der Waals surface area contributed by atoms with Crippen molar-refractivity contribution in [2.45, 2.75) is 27.2 Å². The van der Waals surface area contributed by atoms with Gasteiger partial charge in [0.25, 0.3) is 5.91 Å². The number of carbonyl (C=O) groups excluding carboxylic acids is 2. The predicted octanol–water partition coefficient (Wildman–Crippen LogP) is 3.12. The first-order valence-electron chi connectivity index (χ1n) is 9.24. The minimum atomic E-state index is -0.479. The number of esters is 1. The summed E-state index contributed by atoms with van der Waals surface area (Å²) in [6.45, 7) is 6.86. The molecule has 0 saturated heterocycles. The molecule has 0 saturated carbocycles. The van der Waals surface area contributed by atoms with E-state index in [2.05, 4.69) is 4.98 Å². The summed E-state index contributed by atoms with van der Waals surface area (Å²) in [5, 5.41) is 0.975. The van der Waals surface area contributed by atoms with Gasteiger partial charge in [-0.2, -0.15) is 0 Å². The molecule has 150 valence electrons. The Labute approximate surface area is 168 Å². The van der Waals surface area contributed by atoms with E-state index in [4.69, 9.17) is 14.2 Å². The number of amides is 1. The van der Waals surface area contributed by atoms with Crippen LogP contribution in [0.1, 0.15) is 23.2 Å². The number of aromatic nitrogens is 1. The maximum absolute atomic E-state index is 12.4. The number of thiazole rings is 1. The van der Waals surface area contributed by atoms with E-state index in [9.17, 15) is 9.59 Å². The Balaban J connectivity index is 1.75. The molecule has 0 fully saturated rings. The lowest BCUT2D eigenvalue weighted by molar-refractivity contribution is -0.144. The van der Waals surface area contributed by atoms with Gasteiger partial charge in [0.2, 0.25) is 0 Å². The lowest BCUT2D eigenvalue weighted by Crippen LogP contribution is -2.42. The van der Waals surface area contributed by atoms with Crippen molar-refractivity contribution in [3.8, 4) is 17.0 Å². The Morgan fingerprint density at radius 2 is 2.11 bits per heavy atom. The zero-order chi connectivity index (χ0) is 20.1. The first kappa shape index (κ1) is 20.3. The highest BCUT2D eigenvalue weighted by Gasteiger charge is 2.28. The van der Waals surface area contributed by atoms with Crippen LogP contribution in [0.3, 0.4) is 0 Å². The van der Waals surface area contributed by atoms with Crippen LogP contribution in [0, 0.1) is 13.8 Å². The van der Waals surface area contributed by atoms with Gasteiger partial charge in [0, 0.05) is 17.0 Å². The molecule has 0 radical (unpaired) electrons. The number of hydrogen-bond acceptors (Lipinski definition) is 7. The van der Waals surface area contributed by atoms with Crippen LogP contribution in [0.4, 0.5) is 5.69 Å². The van der Waals surface area contributed by atoms with E-state index in [0.717, 1.165) is 27.6 Å². The molecule has 28 heavy (non-hydrogen) atoms. The Bertz CT molecular complexity index is 864. The van der Waals surface area contributed by atoms with Gasteiger partial charge < -0.3 is 14.2 Å². The summed E-state index contributed by atoms with van der Waals surface area (Å²) in [6.07, 6.45) is 0.910. The van der Waals surface area contributed by atoms with Crippen molar-refractivity contribution < 1.29 is 23.8 Å². The molecule has 0 spiro atoms. The number of aryl methyl sites for hydroxylation is 2. The summed E-state index contributed by atoms with van der Waals surface area (Å²) in [7, 11) is 0. The van der Waals surface area contributed by atoms with Gasteiger partial charge in [-0.25, -0.2) is 4.98 Å². The second-order valence-corrected chi connectivity index (χ2v) is 7.83. The van der Waals surface area contributed by atoms with E-state index in [1.165, 1.54) is 4.90 Å². The molecule has 1 aromatic heterocycles. The zero-order valence-electron chi connectivity index (χ0n) is 16.3. The largest absolute Gasteiger partial charge is 0.482 e. The molecular weight excluding hydrogens is 380 g/mol. The van der Waals surface area contributed by atoms with E-state index >= 15 is 0 Å². The summed E-state index contributed by atoms with van der Waals surface area (Å²) in [4.78, 5) is 31.6. The van der Waals surface area contributed by atoms with Crippen LogP contribution in [0.15, 0.2) is 18.2 Å². The average molecular weight is 404 g/mol. The van der Waals surface area contributed by atoms with Gasteiger partial charge in [0.05, 0.1) is 23.0 Å². The number of anilines is 1. The number of rotatable bonds is 8. The van der Waals surface area contributed by atoms with Crippen LogP contribution >= 0.6 is 11.3 Å². The third-order valence-electron chi connectivity index (χ3n) is 4.21. The van der Waals surface area contributed by atoms with E-state index in [1.807, 2.05) is 39.0 Å². The van der Waals surface area contributed by atoms with E-state index in [1.54, 1.807) is 11.3 Å². The van der Waals surface area contributed by atoms with Crippen molar-refractivity contribution in [1.29, 1.82) is 0 Å². The average Bonchev–Trinajstić information content (AvgIpc) is 3.01. The van der Waals surface area contributed by atoms with Gasteiger partial charge in [0.15, 0.2) is 6.61 Å². The third-order valence-corrected chi connectivity index (χ3v) is 5.09. The van der Waals surface area contributed by atoms with Crippen LogP contribution < -0.4 is 9.64 Å². The maximum atomic E-state index is 12.4. The van der Waals surface area contributed by atoms with Crippen molar-refractivity contribution in [1.82, 2.24) is 4.98 Å². The summed E-state index contributed by atoms with van der Waals surface area (Å²) in [5.41, 5.74) is 2.31. The molecule has 0 bridgehead atoms. The van der Waals surface area contributed by atoms with Crippen molar-refractivity contribution in [2.24, 2.45) is 0 Å². The summed E-state index contributed by atoms with van der Waals surface area (Å²) in [5.74, 6) is -0.200. The van der Waals surface area contributed by atoms with E-state index in [-0.39, 0.29) is 25.7 Å². The number of benzene rings is 1. The molecule has 1 aliphatic rings. The molecule has 1 aliphatic heterocycles. The minimum absolute atomic E-state index is 0.103. The summed E-state index contributed by atoms with van der Waals surface area (Å²) >= 11 is 1.62. The molecule has 1 aromatic carbocycles. The molecule has 8 heteroatoms. The van der Waals surface area contributed by atoms with Crippen LogP contribution in [0.5, 0.6) is 5.75 Å². The second kappa shape index (κ2) is 9.16. The molecule has 1 amide bonds. The van der Waals surface area contributed by atoms with Crippen molar-refractivity contribution in [2.75, 3.05) is 37.9 Å². The molecule has 7 nitrogen and oxygen atoms in total. The Hall–Kier alpha value is -2.45. The topological polar surface area (TPSA) is 78.0 Å². The number of carbonyl (C=O) groups is 2. The van der Waals surface area contributed by atoms with Gasteiger partial charge >= 0.3 is 5.97 Å². The number of nitrogens with zero attached hydrogens (tertiary/aromatic N) is 2. The highest BCUT2D eigenvalue weighted by molar-refractivity contribution is 7.11. The molecule has 0 aliphatic carbocycles. The third kappa shape index (κ3) is 4.69. The second-order valence-electron chi connectivity index (χ2n) is 6.42. The highest BCUT2D eigenvalue weighted by atomic mass is 32.1. The van der Waals surface area contributed by atoms with Gasteiger partial charge in [-0.15, -0.1) is 11.3 Å². The highest BCUT2D eigenvalue weighted by Crippen LogP contribution is 2.37. The zero-order valence-corrected chi connectivity index (χ0v) is 17.1. The molecule has 2 heterocycles. The van der Waals surface area contributed by atoms with Crippen molar-refractivity contribution >= 4 is 28.9 Å².